The van der Waals surface area contributed by atoms with E-state index in [0.717, 1.165) is 19.3 Å². The lowest BCUT2D eigenvalue weighted by molar-refractivity contribution is -0.127. The van der Waals surface area contributed by atoms with E-state index in [4.69, 9.17) is 4.74 Å². The Labute approximate surface area is 158 Å². The van der Waals surface area contributed by atoms with Crippen molar-refractivity contribution >= 4 is 23.2 Å². The van der Waals surface area contributed by atoms with Gasteiger partial charge in [0.2, 0.25) is 0 Å². The van der Waals surface area contributed by atoms with Gasteiger partial charge >= 0.3 is 0 Å². The molecule has 0 aromatic carbocycles. The van der Waals surface area contributed by atoms with Gasteiger partial charge in [0.1, 0.15) is 5.71 Å². The minimum Gasteiger partial charge on any atom is -0.373 e. The van der Waals surface area contributed by atoms with Crippen LogP contribution in [0.25, 0.3) is 0 Å². The molecule has 0 saturated carbocycles. The number of hydrogen-bond acceptors (Lipinski definition) is 7. The maximum Gasteiger partial charge on any atom is 0.268 e. The van der Waals surface area contributed by atoms with E-state index in [9.17, 15) is 9.59 Å². The van der Waals surface area contributed by atoms with Gasteiger partial charge in [-0.15, -0.1) is 0 Å². The van der Waals surface area contributed by atoms with Crippen LogP contribution in [-0.4, -0.2) is 52.2 Å². The molecule has 4 unspecified atom stereocenters. The van der Waals surface area contributed by atoms with Crippen LogP contribution in [0, 0.1) is 11.3 Å². The first-order chi connectivity index (χ1) is 12.8. The van der Waals surface area contributed by atoms with E-state index in [-0.39, 0.29) is 42.4 Å². The van der Waals surface area contributed by atoms with Crippen molar-refractivity contribution in [1.82, 2.24) is 15.3 Å². The van der Waals surface area contributed by atoms with Crippen molar-refractivity contribution in [3.63, 3.8) is 0 Å². The highest BCUT2D eigenvalue weighted by atomic mass is 16.5. The van der Waals surface area contributed by atoms with Crippen LogP contribution in [0.15, 0.2) is 23.7 Å². The number of nitrogens with one attached hydrogen (secondary N) is 1. The van der Waals surface area contributed by atoms with E-state index in [1.807, 2.05) is 20.8 Å². The summed E-state index contributed by atoms with van der Waals surface area (Å²) < 4.78 is 6.08. The Morgan fingerprint density at radius 3 is 2.81 bits per heavy atom. The van der Waals surface area contributed by atoms with Gasteiger partial charge in [0.15, 0.2) is 11.6 Å². The van der Waals surface area contributed by atoms with Crippen LogP contribution in [0.2, 0.25) is 0 Å². The molecule has 4 heterocycles. The molecule has 4 atom stereocenters. The second-order valence-corrected chi connectivity index (χ2v) is 8.46. The van der Waals surface area contributed by atoms with Crippen molar-refractivity contribution in [1.29, 1.82) is 0 Å². The quantitative estimate of drug-likeness (QED) is 0.857. The summed E-state index contributed by atoms with van der Waals surface area (Å²) >= 11 is 0. The zero-order chi connectivity index (χ0) is 19.2. The summed E-state index contributed by atoms with van der Waals surface area (Å²) in [6.45, 7) is 5.54. The fraction of sp³-hybridized carbons (Fsp3) is 0.632. The van der Waals surface area contributed by atoms with Gasteiger partial charge in [-0.2, -0.15) is 5.10 Å². The Morgan fingerprint density at radius 2 is 2.11 bits per heavy atom. The number of carbonyl (C=O) groups excluding carboxylic acids is 2. The number of aromatic nitrogens is 2. The minimum absolute atomic E-state index is 0.00718. The Kier molecular flexibility index (Phi) is 4.46. The fourth-order valence-corrected chi connectivity index (χ4v) is 4.04. The van der Waals surface area contributed by atoms with E-state index >= 15 is 0 Å². The molecule has 144 valence electrons. The van der Waals surface area contributed by atoms with E-state index in [1.54, 1.807) is 23.6 Å². The van der Waals surface area contributed by atoms with E-state index < -0.39 is 5.41 Å². The normalized spacial score (nSPS) is 29.3. The van der Waals surface area contributed by atoms with Crippen LogP contribution >= 0.6 is 0 Å². The molecule has 1 N–H and O–H groups in total. The monoisotopic (exact) mass is 371 g/mol. The molecule has 0 spiro atoms. The lowest BCUT2D eigenvalue weighted by atomic mass is 9.86. The molecule has 2 bridgehead atoms. The average molecular weight is 371 g/mol. The van der Waals surface area contributed by atoms with Crippen molar-refractivity contribution in [2.45, 2.75) is 58.3 Å². The molecule has 27 heavy (non-hydrogen) atoms. The lowest BCUT2D eigenvalue weighted by Gasteiger charge is -2.35. The molecular formula is C19H25N5O3. The molecule has 4 rings (SSSR count). The van der Waals surface area contributed by atoms with Gasteiger partial charge in [0.05, 0.1) is 31.0 Å². The largest absolute Gasteiger partial charge is 0.373 e. The molecule has 3 aliphatic rings. The van der Waals surface area contributed by atoms with E-state index in [0.29, 0.717) is 11.5 Å². The Morgan fingerprint density at radius 1 is 1.30 bits per heavy atom. The maximum atomic E-state index is 12.8. The Balaban J connectivity index is 1.57. The number of Topliss-reactive ketones (excluding diaryl/α,β-unsaturated/α-hetero) is 1. The first-order valence-corrected chi connectivity index (χ1v) is 9.45. The van der Waals surface area contributed by atoms with Crippen molar-refractivity contribution < 1.29 is 14.3 Å². The minimum atomic E-state index is -0.489. The van der Waals surface area contributed by atoms with Crippen molar-refractivity contribution in [2.24, 2.45) is 16.4 Å². The van der Waals surface area contributed by atoms with Crippen LogP contribution in [0.1, 0.15) is 40.0 Å². The summed E-state index contributed by atoms with van der Waals surface area (Å²) in [5.41, 5.74) is -0.0240. The van der Waals surface area contributed by atoms with E-state index in [2.05, 4.69) is 20.4 Å². The number of amides is 1. The summed E-state index contributed by atoms with van der Waals surface area (Å²) in [6.07, 6.45) is 7.78. The number of rotatable bonds is 4. The predicted octanol–water partition coefficient (Wildman–Crippen LogP) is 1.32. The molecular weight excluding hydrogens is 346 g/mol. The summed E-state index contributed by atoms with van der Waals surface area (Å²) in [5.74, 6) is 0.289. The van der Waals surface area contributed by atoms with Gasteiger partial charge < -0.3 is 10.1 Å². The topological polar surface area (TPSA) is 96.8 Å². The van der Waals surface area contributed by atoms with Crippen molar-refractivity contribution in [3.05, 3.63) is 18.6 Å². The molecule has 1 aromatic heterocycles. The highest BCUT2D eigenvalue weighted by molar-refractivity contribution is 6.41. The predicted molar refractivity (Wildman–Crippen MR) is 99.2 cm³/mol. The lowest BCUT2D eigenvalue weighted by Crippen LogP contribution is -2.49. The molecule has 0 radical (unpaired) electrons. The number of carbonyl (C=O) groups is 2. The molecule has 1 aromatic rings. The zero-order valence-electron chi connectivity index (χ0n) is 15.9. The van der Waals surface area contributed by atoms with E-state index in [1.165, 1.54) is 0 Å². The Hall–Kier alpha value is -2.35. The summed E-state index contributed by atoms with van der Waals surface area (Å²) in [5, 5.41) is 9.15. The summed E-state index contributed by atoms with van der Waals surface area (Å²) in [4.78, 5) is 33.5. The maximum absolute atomic E-state index is 12.8. The third-order valence-electron chi connectivity index (χ3n) is 5.56. The summed E-state index contributed by atoms with van der Waals surface area (Å²) in [6, 6.07) is -0.0560. The van der Waals surface area contributed by atoms with Gasteiger partial charge in [0.25, 0.3) is 5.91 Å². The van der Waals surface area contributed by atoms with Crippen molar-refractivity contribution in [3.8, 4) is 0 Å². The number of anilines is 1. The van der Waals surface area contributed by atoms with Crippen LogP contribution in [0.5, 0.6) is 0 Å². The second kappa shape index (κ2) is 6.67. The zero-order valence-corrected chi connectivity index (χ0v) is 15.9. The molecule has 0 aliphatic carbocycles. The summed E-state index contributed by atoms with van der Waals surface area (Å²) in [7, 11) is 0. The number of hydrazone groups is 1. The van der Waals surface area contributed by atoms with Gasteiger partial charge in [0, 0.05) is 23.7 Å². The molecule has 3 aliphatic heterocycles. The fourth-order valence-electron chi connectivity index (χ4n) is 4.04. The molecule has 2 saturated heterocycles. The first-order valence-electron chi connectivity index (χ1n) is 9.45. The smallest absolute Gasteiger partial charge is 0.268 e. The third kappa shape index (κ3) is 3.34. The van der Waals surface area contributed by atoms with Crippen LogP contribution in [0.3, 0.4) is 0 Å². The Bertz CT molecular complexity index is 773. The van der Waals surface area contributed by atoms with Crippen LogP contribution < -0.4 is 10.3 Å². The molecule has 8 nitrogen and oxygen atoms in total. The number of nitrogens with zero attached hydrogens (tertiary/aromatic N) is 4. The van der Waals surface area contributed by atoms with Crippen LogP contribution in [0.4, 0.5) is 5.82 Å². The standard InChI is InChI=1S/C19H25N5O3/c1-19(2,3)14(25)9-22-18(26)16-12-8-11-4-5-13(27-11)17(12)24(23-16)15-10-20-6-7-21-15/h6-7,10-13,17H,4-5,8-9H2,1-3H3,(H,22,26). The molecule has 8 heteroatoms. The van der Waals surface area contributed by atoms with Crippen LogP contribution in [-0.2, 0) is 14.3 Å². The average Bonchev–Trinajstić information content (AvgIpc) is 3.21. The highest BCUT2D eigenvalue weighted by Gasteiger charge is 2.53. The highest BCUT2D eigenvalue weighted by Crippen LogP contribution is 2.43. The number of hydrogen-bond donors (Lipinski definition) is 1. The van der Waals surface area contributed by atoms with Gasteiger partial charge in [-0.05, 0) is 19.3 Å². The molecule has 1 amide bonds. The van der Waals surface area contributed by atoms with Gasteiger partial charge in [-0.3, -0.25) is 14.6 Å². The first kappa shape index (κ1) is 18.0. The van der Waals surface area contributed by atoms with Gasteiger partial charge in [-0.25, -0.2) is 9.99 Å². The van der Waals surface area contributed by atoms with Gasteiger partial charge in [-0.1, -0.05) is 20.8 Å². The number of fused-ring (bicyclic) bond motifs is 4. The third-order valence-corrected chi connectivity index (χ3v) is 5.56. The number of ether oxygens (including phenoxy) is 1. The van der Waals surface area contributed by atoms with Crippen molar-refractivity contribution in [2.75, 3.05) is 11.6 Å². The molecule has 2 fully saturated rings. The second-order valence-electron chi connectivity index (χ2n) is 8.46. The SMILES string of the molecule is CC(C)(C)C(=O)CNC(=O)C1=NN(c2cnccn2)C2C3CCC(CC12)O3. The number of ketones is 1.